The molecule has 210 valence electrons. The third-order valence-electron chi connectivity index (χ3n) is 8.83. The van der Waals surface area contributed by atoms with E-state index in [1.165, 1.54) is 6.42 Å². The molecule has 0 radical (unpaired) electrons. The lowest BCUT2D eigenvalue weighted by molar-refractivity contribution is -0.142. The fourth-order valence-electron chi connectivity index (χ4n) is 6.79. The molecule has 5 atom stereocenters. The highest BCUT2D eigenvalue weighted by molar-refractivity contribution is 6.31. The highest BCUT2D eigenvalue weighted by Gasteiger charge is 2.72. The van der Waals surface area contributed by atoms with Crippen LogP contribution in [0.15, 0.2) is 54.6 Å². The second-order valence-corrected chi connectivity index (χ2v) is 11.7. The third-order valence-corrected chi connectivity index (χ3v) is 9.24. The van der Waals surface area contributed by atoms with Crippen molar-refractivity contribution in [2.45, 2.75) is 69.4 Å². The van der Waals surface area contributed by atoms with Crippen LogP contribution in [0.1, 0.15) is 43.2 Å². The van der Waals surface area contributed by atoms with E-state index in [4.69, 9.17) is 21.1 Å². The van der Waals surface area contributed by atoms with Gasteiger partial charge in [-0.1, -0.05) is 61.2 Å². The number of methoxy groups -OCH3 is 1. The van der Waals surface area contributed by atoms with Gasteiger partial charge in [-0.3, -0.25) is 14.4 Å². The molecule has 1 saturated carbocycles. The Balaban J connectivity index is 1.31. The molecule has 2 aromatic rings. The first kappa shape index (κ1) is 26.8. The number of hydrogen-bond acceptors (Lipinski definition) is 5. The van der Waals surface area contributed by atoms with Gasteiger partial charge in [-0.25, -0.2) is 0 Å². The molecule has 0 aromatic heterocycles. The van der Waals surface area contributed by atoms with E-state index in [0.29, 0.717) is 16.5 Å². The monoisotopic (exact) mass is 563 g/mol. The number of carbonyl (C=O) groups is 3. The largest absolute Gasteiger partial charge is 0.497 e. The number of halogens is 1. The summed E-state index contributed by atoms with van der Waals surface area (Å²) in [5.41, 5.74) is 1.10. The predicted molar refractivity (Wildman–Crippen MR) is 151 cm³/mol. The minimum Gasteiger partial charge on any atom is -0.497 e. The predicted octanol–water partition coefficient (Wildman–Crippen LogP) is 4.40. The molecule has 2 bridgehead atoms. The van der Waals surface area contributed by atoms with Crippen LogP contribution < -0.4 is 15.4 Å². The van der Waals surface area contributed by atoms with Crippen LogP contribution in [0, 0.1) is 18.8 Å². The number of aryl methyl sites for hydroxylation is 1. The van der Waals surface area contributed by atoms with Crippen molar-refractivity contribution in [2.75, 3.05) is 12.4 Å². The molecule has 1 spiro atoms. The number of anilines is 1. The van der Waals surface area contributed by atoms with Crippen LogP contribution in [0.4, 0.5) is 5.69 Å². The Bertz CT molecular complexity index is 1360. The van der Waals surface area contributed by atoms with E-state index in [1.54, 1.807) is 24.1 Å². The number of amides is 3. The number of benzene rings is 2. The molecule has 2 N–H and O–H groups in total. The molecule has 3 aliphatic heterocycles. The minimum atomic E-state index is -1.21. The van der Waals surface area contributed by atoms with Crippen molar-refractivity contribution in [3.63, 3.8) is 0 Å². The lowest BCUT2D eigenvalue weighted by atomic mass is 9.74. The van der Waals surface area contributed by atoms with Gasteiger partial charge in [-0.05, 0) is 55.2 Å². The summed E-state index contributed by atoms with van der Waals surface area (Å²) in [5.74, 6) is -1.70. The van der Waals surface area contributed by atoms with Crippen LogP contribution >= 0.6 is 11.6 Å². The van der Waals surface area contributed by atoms with Crippen molar-refractivity contribution in [1.82, 2.24) is 10.2 Å². The lowest BCUT2D eigenvalue weighted by Gasteiger charge is -2.34. The molecular formula is C31H34ClN3O5. The molecule has 3 heterocycles. The Morgan fingerprint density at radius 1 is 1.10 bits per heavy atom. The van der Waals surface area contributed by atoms with E-state index in [2.05, 4.69) is 10.6 Å². The molecular weight excluding hydrogens is 530 g/mol. The summed E-state index contributed by atoms with van der Waals surface area (Å²) >= 11 is 6.28. The molecule has 3 fully saturated rings. The summed E-state index contributed by atoms with van der Waals surface area (Å²) in [6.45, 7) is 2.10. The average molecular weight is 564 g/mol. The summed E-state index contributed by atoms with van der Waals surface area (Å²) in [6.07, 6.45) is 8.22. The fourth-order valence-corrected chi connectivity index (χ4v) is 6.97. The van der Waals surface area contributed by atoms with Crippen molar-refractivity contribution < 1.29 is 23.9 Å². The zero-order valence-electron chi connectivity index (χ0n) is 22.7. The molecule has 9 heteroatoms. The SMILES string of the molecule is COc1ccc(CN2C(=O)[C@H]3[C@@H](C(=O)Nc4ccc(C)c(Cl)c4)[C@H]4C=C[C@@]3(O4)[C@H]2C(=O)NC2CCCCC2)cc1. The molecule has 2 aromatic carbocycles. The quantitative estimate of drug-likeness (QED) is 0.487. The van der Waals surface area contributed by atoms with E-state index in [0.717, 1.165) is 36.8 Å². The highest BCUT2D eigenvalue weighted by atomic mass is 35.5. The van der Waals surface area contributed by atoms with Gasteiger partial charge < -0.3 is 25.0 Å². The zero-order valence-corrected chi connectivity index (χ0v) is 23.4. The number of hydrogen-bond donors (Lipinski definition) is 2. The molecule has 40 heavy (non-hydrogen) atoms. The first-order chi connectivity index (χ1) is 19.3. The van der Waals surface area contributed by atoms with Crippen LogP contribution in [-0.2, 0) is 25.7 Å². The Labute approximate surface area is 239 Å². The maximum absolute atomic E-state index is 14.2. The van der Waals surface area contributed by atoms with Crippen molar-refractivity contribution >= 4 is 35.0 Å². The maximum atomic E-state index is 14.2. The average Bonchev–Trinajstić information content (AvgIpc) is 3.59. The standard InChI is InChI=1S/C31H34ClN3O5/c1-18-8-11-21(16-23(18)32)34-28(36)25-24-14-15-31(40-24)26(25)30(38)35(17-19-9-12-22(39-2)13-10-19)27(31)29(37)33-20-6-4-3-5-7-20/h8-16,20,24-27H,3-7,17H2,1-2H3,(H,33,37)(H,34,36)/t24-,25+,26-,27-,31+/m1/s1. The number of ether oxygens (including phenoxy) is 2. The summed E-state index contributed by atoms with van der Waals surface area (Å²) in [6, 6.07) is 11.9. The summed E-state index contributed by atoms with van der Waals surface area (Å²) in [5, 5.41) is 6.69. The number of nitrogens with one attached hydrogen (secondary N) is 2. The molecule has 2 saturated heterocycles. The maximum Gasteiger partial charge on any atom is 0.246 e. The Morgan fingerprint density at radius 2 is 1.85 bits per heavy atom. The molecule has 4 aliphatic rings. The van der Waals surface area contributed by atoms with E-state index in [1.807, 2.05) is 49.4 Å². The summed E-state index contributed by atoms with van der Waals surface area (Å²) < 4.78 is 11.7. The third kappa shape index (κ3) is 4.57. The normalized spacial score (nSPS) is 29.0. The molecule has 0 unspecified atom stereocenters. The van der Waals surface area contributed by atoms with Crippen LogP contribution in [-0.4, -0.2) is 53.5 Å². The number of rotatable bonds is 7. The molecule has 3 amide bonds. The smallest absolute Gasteiger partial charge is 0.246 e. The van der Waals surface area contributed by atoms with Crippen molar-refractivity contribution in [3.05, 3.63) is 70.8 Å². The van der Waals surface area contributed by atoms with Gasteiger partial charge >= 0.3 is 0 Å². The summed E-state index contributed by atoms with van der Waals surface area (Å²) in [4.78, 5) is 43.4. The van der Waals surface area contributed by atoms with Gasteiger partial charge in [0, 0.05) is 23.3 Å². The van der Waals surface area contributed by atoms with E-state index < -0.39 is 29.6 Å². The number of nitrogens with zero attached hydrogens (tertiary/aromatic N) is 1. The van der Waals surface area contributed by atoms with E-state index >= 15 is 0 Å². The van der Waals surface area contributed by atoms with Crippen LogP contribution in [0.3, 0.4) is 0 Å². The molecule has 1 aliphatic carbocycles. The van der Waals surface area contributed by atoms with Gasteiger partial charge in [-0.15, -0.1) is 0 Å². The number of fused-ring (bicyclic) bond motifs is 1. The Hall–Kier alpha value is -3.36. The Morgan fingerprint density at radius 3 is 2.55 bits per heavy atom. The van der Waals surface area contributed by atoms with Gasteiger partial charge in [0.1, 0.15) is 17.4 Å². The van der Waals surface area contributed by atoms with E-state index in [9.17, 15) is 14.4 Å². The van der Waals surface area contributed by atoms with Crippen LogP contribution in [0.25, 0.3) is 0 Å². The zero-order chi connectivity index (χ0) is 28.0. The summed E-state index contributed by atoms with van der Waals surface area (Å²) in [7, 11) is 1.60. The van der Waals surface area contributed by atoms with Gasteiger partial charge in [0.2, 0.25) is 17.7 Å². The highest BCUT2D eigenvalue weighted by Crippen LogP contribution is 2.55. The Kier molecular flexibility index (Phi) is 7.09. The van der Waals surface area contributed by atoms with Crippen molar-refractivity contribution in [2.24, 2.45) is 11.8 Å². The van der Waals surface area contributed by atoms with E-state index in [-0.39, 0.29) is 30.3 Å². The minimum absolute atomic E-state index is 0.0719. The second-order valence-electron chi connectivity index (χ2n) is 11.3. The number of likely N-dealkylation sites (tertiary alicyclic amines) is 1. The molecule has 6 rings (SSSR count). The van der Waals surface area contributed by atoms with Crippen LogP contribution in [0.2, 0.25) is 5.02 Å². The van der Waals surface area contributed by atoms with Gasteiger partial charge in [0.05, 0.1) is 25.0 Å². The first-order valence-corrected chi connectivity index (χ1v) is 14.4. The topological polar surface area (TPSA) is 97.0 Å². The lowest BCUT2D eigenvalue weighted by Crippen LogP contribution is -2.56. The van der Waals surface area contributed by atoms with Gasteiger partial charge in [0.25, 0.3) is 0 Å². The first-order valence-electron chi connectivity index (χ1n) is 14.0. The second kappa shape index (κ2) is 10.6. The van der Waals surface area contributed by atoms with Gasteiger partial charge in [0.15, 0.2) is 0 Å². The van der Waals surface area contributed by atoms with Gasteiger partial charge in [-0.2, -0.15) is 0 Å². The van der Waals surface area contributed by atoms with Crippen molar-refractivity contribution in [1.29, 1.82) is 0 Å². The molecule has 8 nitrogen and oxygen atoms in total. The van der Waals surface area contributed by atoms with Crippen LogP contribution in [0.5, 0.6) is 5.75 Å². The number of carbonyl (C=O) groups excluding carboxylic acids is 3. The van der Waals surface area contributed by atoms with Crippen molar-refractivity contribution in [3.8, 4) is 5.75 Å². The fraction of sp³-hybridized carbons (Fsp3) is 0.452.